The first-order valence-corrected chi connectivity index (χ1v) is 11.9. The summed E-state index contributed by atoms with van der Waals surface area (Å²) < 4.78 is 69.7. The minimum Gasteiger partial charge on any atom is -0.452 e. The number of carbonyl (C=O) groups excluding carboxylic acids is 1. The van der Waals surface area contributed by atoms with Gasteiger partial charge in [-0.2, -0.15) is 17.5 Å². The van der Waals surface area contributed by atoms with E-state index < -0.39 is 33.7 Å². The second-order valence-electron chi connectivity index (χ2n) is 7.13. The number of amides is 1. The number of alkyl halides is 3. The maximum absolute atomic E-state index is 12.7. The summed E-state index contributed by atoms with van der Waals surface area (Å²) in [6.45, 7) is 0.297. The van der Waals surface area contributed by atoms with Gasteiger partial charge >= 0.3 is 6.18 Å². The number of thiazole rings is 1. The molecule has 3 heterocycles. The Morgan fingerprint density at radius 2 is 2.00 bits per heavy atom. The molecule has 0 aliphatic carbocycles. The predicted molar refractivity (Wildman–Crippen MR) is 110 cm³/mol. The Bertz CT molecular complexity index is 1190. The Labute approximate surface area is 185 Å². The van der Waals surface area contributed by atoms with Crippen molar-refractivity contribution in [2.75, 3.05) is 6.54 Å². The lowest BCUT2D eigenvalue weighted by Gasteiger charge is -2.21. The van der Waals surface area contributed by atoms with E-state index in [1.165, 1.54) is 41.9 Å². The van der Waals surface area contributed by atoms with Crippen molar-refractivity contribution in [1.29, 1.82) is 0 Å². The molecule has 0 saturated carbocycles. The molecular weight excluding hydrogens is 467 g/mol. The van der Waals surface area contributed by atoms with Gasteiger partial charge in [-0.25, -0.2) is 13.4 Å². The Morgan fingerprint density at radius 1 is 1.25 bits per heavy atom. The van der Waals surface area contributed by atoms with Gasteiger partial charge in [-0.05, 0) is 37.1 Å². The van der Waals surface area contributed by atoms with E-state index in [2.05, 4.69) is 10.3 Å². The van der Waals surface area contributed by atoms with Gasteiger partial charge in [0.1, 0.15) is 11.0 Å². The standard InChI is InChI=1S/C20H18F3N3O4S2/c21-20(22,23)14-7-5-13(6-8-14)15-12-31-17(25-15)11-24-19(27)16-3-1-9-26(16)32(28,29)18-4-2-10-30-18/h2,4-8,10,12,16H,1,3,9,11H2,(H,24,27)/t16-/m0/s1. The van der Waals surface area contributed by atoms with E-state index in [1.54, 1.807) is 5.38 Å². The summed E-state index contributed by atoms with van der Waals surface area (Å²) in [5.41, 5.74) is 0.281. The van der Waals surface area contributed by atoms with Crippen LogP contribution >= 0.6 is 11.3 Å². The fourth-order valence-electron chi connectivity index (χ4n) is 3.45. The molecule has 0 spiro atoms. The van der Waals surface area contributed by atoms with Gasteiger partial charge in [0, 0.05) is 17.5 Å². The number of carbonyl (C=O) groups is 1. The Balaban J connectivity index is 1.40. The number of hydrogen-bond acceptors (Lipinski definition) is 6. The van der Waals surface area contributed by atoms with E-state index in [9.17, 15) is 26.4 Å². The number of nitrogens with zero attached hydrogens (tertiary/aromatic N) is 2. The number of sulfonamides is 1. The predicted octanol–water partition coefficient (Wildman–Crippen LogP) is 3.89. The molecule has 4 rings (SSSR count). The molecule has 32 heavy (non-hydrogen) atoms. The second-order valence-corrected chi connectivity index (χ2v) is 9.89. The normalized spacial score (nSPS) is 17.5. The van der Waals surface area contributed by atoms with E-state index in [0.29, 0.717) is 29.1 Å². The van der Waals surface area contributed by atoms with Crippen molar-refractivity contribution in [1.82, 2.24) is 14.6 Å². The van der Waals surface area contributed by atoms with Crippen LogP contribution in [0.15, 0.2) is 57.6 Å². The van der Waals surface area contributed by atoms with Crippen LogP contribution in [-0.2, 0) is 27.5 Å². The number of furan rings is 1. The maximum atomic E-state index is 12.7. The zero-order chi connectivity index (χ0) is 22.9. The van der Waals surface area contributed by atoms with Crippen molar-refractivity contribution in [2.45, 2.75) is 36.7 Å². The lowest BCUT2D eigenvalue weighted by Crippen LogP contribution is -2.45. The van der Waals surface area contributed by atoms with Gasteiger partial charge in [0.25, 0.3) is 10.0 Å². The van der Waals surface area contributed by atoms with Crippen LogP contribution in [0.1, 0.15) is 23.4 Å². The first kappa shape index (κ1) is 22.5. The van der Waals surface area contributed by atoms with Crippen LogP contribution in [0, 0.1) is 0 Å². The van der Waals surface area contributed by atoms with Gasteiger partial charge in [-0.3, -0.25) is 4.79 Å². The van der Waals surface area contributed by atoms with Crippen LogP contribution in [0.5, 0.6) is 0 Å². The Hall–Kier alpha value is -2.70. The summed E-state index contributed by atoms with van der Waals surface area (Å²) in [5.74, 6) is -0.441. The molecule has 170 valence electrons. The molecule has 1 atom stereocenters. The number of nitrogens with one attached hydrogen (secondary N) is 1. The van der Waals surface area contributed by atoms with Crippen molar-refractivity contribution in [2.24, 2.45) is 0 Å². The van der Waals surface area contributed by atoms with E-state index in [-0.39, 0.29) is 18.2 Å². The van der Waals surface area contributed by atoms with Gasteiger partial charge < -0.3 is 9.73 Å². The van der Waals surface area contributed by atoms with E-state index in [4.69, 9.17) is 4.42 Å². The Kier molecular flexibility index (Phi) is 6.10. The number of hydrogen-bond donors (Lipinski definition) is 1. The van der Waals surface area contributed by atoms with Crippen molar-refractivity contribution in [3.8, 4) is 11.3 Å². The third-order valence-electron chi connectivity index (χ3n) is 5.04. The maximum Gasteiger partial charge on any atom is 0.416 e. The molecule has 1 fully saturated rings. The third-order valence-corrected chi connectivity index (χ3v) is 7.68. The summed E-state index contributed by atoms with van der Waals surface area (Å²) in [6.07, 6.45) is -2.21. The lowest BCUT2D eigenvalue weighted by molar-refractivity contribution is -0.137. The summed E-state index contributed by atoms with van der Waals surface area (Å²) in [5, 5.41) is 4.73. The molecule has 1 amide bonds. The second kappa shape index (κ2) is 8.68. The lowest BCUT2D eigenvalue weighted by atomic mass is 10.1. The molecule has 3 aromatic rings. The molecule has 1 N–H and O–H groups in total. The fourth-order valence-corrected chi connectivity index (χ4v) is 5.76. The van der Waals surface area contributed by atoms with Gasteiger partial charge in [0.15, 0.2) is 0 Å². The quantitative estimate of drug-likeness (QED) is 0.572. The average molecular weight is 486 g/mol. The summed E-state index contributed by atoms with van der Waals surface area (Å²) in [4.78, 5) is 17.0. The van der Waals surface area contributed by atoms with Crippen molar-refractivity contribution in [3.63, 3.8) is 0 Å². The van der Waals surface area contributed by atoms with Crippen LogP contribution in [-0.4, -0.2) is 36.2 Å². The molecule has 1 saturated heterocycles. The molecule has 0 unspecified atom stereocenters. The minimum atomic E-state index is -4.41. The number of aromatic nitrogens is 1. The van der Waals surface area contributed by atoms with Crippen molar-refractivity contribution >= 4 is 27.3 Å². The molecular formula is C20H18F3N3O4S2. The van der Waals surface area contributed by atoms with Gasteiger partial charge in [-0.15, -0.1) is 11.3 Å². The minimum absolute atomic E-state index is 0.0786. The SMILES string of the molecule is O=C(NCc1nc(-c2ccc(C(F)(F)F)cc2)cs1)[C@@H]1CCCN1S(=O)(=O)c1ccco1. The number of rotatable bonds is 6. The number of halogens is 3. The van der Waals surface area contributed by atoms with Crippen LogP contribution in [0.3, 0.4) is 0 Å². The summed E-state index contributed by atoms with van der Waals surface area (Å²) >= 11 is 1.25. The fraction of sp³-hybridized carbons (Fsp3) is 0.300. The third kappa shape index (κ3) is 4.57. The molecule has 0 bridgehead atoms. The van der Waals surface area contributed by atoms with Gasteiger partial charge in [-0.1, -0.05) is 12.1 Å². The van der Waals surface area contributed by atoms with Gasteiger partial charge in [0.05, 0.1) is 24.1 Å². The van der Waals surface area contributed by atoms with E-state index in [1.807, 2.05) is 0 Å². The molecule has 7 nitrogen and oxygen atoms in total. The highest BCUT2D eigenvalue weighted by Crippen LogP contribution is 2.31. The van der Waals surface area contributed by atoms with Crippen molar-refractivity contribution in [3.05, 3.63) is 58.6 Å². The monoisotopic (exact) mass is 485 g/mol. The molecule has 12 heteroatoms. The zero-order valence-corrected chi connectivity index (χ0v) is 18.1. The van der Waals surface area contributed by atoms with E-state index in [0.717, 1.165) is 16.4 Å². The molecule has 1 aliphatic heterocycles. The highest BCUT2D eigenvalue weighted by Gasteiger charge is 2.40. The van der Waals surface area contributed by atoms with Crippen molar-refractivity contribution < 1.29 is 30.8 Å². The highest BCUT2D eigenvalue weighted by atomic mass is 32.2. The Morgan fingerprint density at radius 3 is 2.66 bits per heavy atom. The zero-order valence-electron chi connectivity index (χ0n) is 16.5. The first-order valence-electron chi connectivity index (χ1n) is 9.61. The van der Waals surface area contributed by atoms with Crippen LogP contribution in [0.2, 0.25) is 0 Å². The molecule has 2 aromatic heterocycles. The first-order chi connectivity index (χ1) is 15.2. The van der Waals surface area contributed by atoms with Crippen LogP contribution < -0.4 is 5.32 Å². The number of benzene rings is 1. The molecule has 0 radical (unpaired) electrons. The van der Waals surface area contributed by atoms with E-state index >= 15 is 0 Å². The van der Waals surface area contributed by atoms with Crippen LogP contribution in [0.4, 0.5) is 13.2 Å². The molecule has 1 aromatic carbocycles. The van der Waals surface area contributed by atoms with Gasteiger partial charge in [0.2, 0.25) is 11.0 Å². The summed E-state index contributed by atoms with van der Waals surface area (Å²) in [6, 6.07) is 6.62. The van der Waals surface area contributed by atoms with Crippen LogP contribution in [0.25, 0.3) is 11.3 Å². The smallest absolute Gasteiger partial charge is 0.416 e. The highest BCUT2D eigenvalue weighted by molar-refractivity contribution is 7.89. The molecule has 1 aliphatic rings. The average Bonchev–Trinajstić information content (AvgIpc) is 3.53. The largest absolute Gasteiger partial charge is 0.452 e. The topological polar surface area (TPSA) is 92.5 Å². The summed E-state index contributed by atoms with van der Waals surface area (Å²) in [7, 11) is -3.91.